The number of H-pyrrole nitrogens is 1. The average Bonchev–Trinajstić information content (AvgIpc) is 3.36. The number of pyridine rings is 1. The van der Waals surface area contributed by atoms with Crippen molar-refractivity contribution in [3.8, 4) is 22.9 Å². The van der Waals surface area contributed by atoms with Crippen LogP contribution in [0.25, 0.3) is 38.8 Å². The lowest BCUT2D eigenvalue weighted by Gasteiger charge is -2.10. The summed E-state index contributed by atoms with van der Waals surface area (Å²) in [7, 11) is 1.74. The number of hydrogen-bond acceptors (Lipinski definition) is 3. The van der Waals surface area contributed by atoms with Gasteiger partial charge in [-0.15, -0.1) is 0 Å². The van der Waals surface area contributed by atoms with Gasteiger partial charge in [-0.1, -0.05) is 12.1 Å². The third-order valence-corrected chi connectivity index (χ3v) is 5.39. The van der Waals surface area contributed by atoms with Gasteiger partial charge >= 0.3 is 5.69 Å². The fourth-order valence-electron chi connectivity index (χ4n) is 3.82. The minimum absolute atomic E-state index is 0.167. The molecule has 0 aliphatic carbocycles. The van der Waals surface area contributed by atoms with E-state index in [4.69, 9.17) is 0 Å². The highest BCUT2D eigenvalue weighted by molar-refractivity contribution is 6.04. The standard InChI is InChI=1S/C23H17N5O/c1-14-3-4-15(11-24)9-20(14)28-22-18-10-16(17-7-8-25-12-17)5-6-19(18)26-13-21(22)27(2)23(28)29/h3-10,12-13,25H,1-2H3. The number of aryl methyl sites for hydroxylation is 2. The predicted molar refractivity (Wildman–Crippen MR) is 113 cm³/mol. The van der Waals surface area contributed by atoms with Gasteiger partial charge in [0.25, 0.3) is 0 Å². The molecule has 0 amide bonds. The molecule has 0 aliphatic heterocycles. The van der Waals surface area contributed by atoms with E-state index < -0.39 is 0 Å². The van der Waals surface area contributed by atoms with Crippen LogP contribution in [-0.4, -0.2) is 19.1 Å². The van der Waals surface area contributed by atoms with Crippen LogP contribution >= 0.6 is 0 Å². The van der Waals surface area contributed by atoms with E-state index in [1.165, 1.54) is 0 Å². The highest BCUT2D eigenvalue weighted by Gasteiger charge is 2.18. The summed E-state index contributed by atoms with van der Waals surface area (Å²) in [4.78, 5) is 20.9. The lowest BCUT2D eigenvalue weighted by atomic mass is 10.0. The van der Waals surface area contributed by atoms with E-state index in [9.17, 15) is 10.1 Å². The number of benzene rings is 2. The Kier molecular flexibility index (Phi) is 3.65. The van der Waals surface area contributed by atoms with Crippen LogP contribution in [0.4, 0.5) is 0 Å². The number of aromatic nitrogens is 4. The van der Waals surface area contributed by atoms with Gasteiger partial charge in [-0.05, 0) is 53.9 Å². The molecule has 0 fully saturated rings. The van der Waals surface area contributed by atoms with Crippen LogP contribution in [0, 0.1) is 18.3 Å². The fraction of sp³-hybridized carbons (Fsp3) is 0.0870. The van der Waals surface area contributed by atoms with Gasteiger partial charge in [-0.3, -0.25) is 14.1 Å². The second-order valence-electron chi connectivity index (χ2n) is 7.11. The zero-order valence-corrected chi connectivity index (χ0v) is 16.0. The van der Waals surface area contributed by atoms with E-state index >= 15 is 0 Å². The van der Waals surface area contributed by atoms with Crippen LogP contribution in [0.2, 0.25) is 0 Å². The molecular formula is C23H17N5O. The van der Waals surface area contributed by atoms with Crippen molar-refractivity contribution >= 4 is 21.9 Å². The van der Waals surface area contributed by atoms with E-state index in [1.54, 1.807) is 34.5 Å². The summed E-state index contributed by atoms with van der Waals surface area (Å²) < 4.78 is 3.29. The zero-order chi connectivity index (χ0) is 20.1. The van der Waals surface area contributed by atoms with Crippen LogP contribution in [0.5, 0.6) is 0 Å². The van der Waals surface area contributed by atoms with Gasteiger partial charge in [0.2, 0.25) is 0 Å². The molecule has 2 aromatic carbocycles. The quantitative estimate of drug-likeness (QED) is 0.502. The van der Waals surface area contributed by atoms with Crippen LogP contribution in [-0.2, 0) is 7.05 Å². The number of fused-ring (bicyclic) bond motifs is 3. The minimum Gasteiger partial charge on any atom is -0.367 e. The molecule has 0 saturated carbocycles. The molecule has 5 rings (SSSR count). The topological polar surface area (TPSA) is 79.4 Å². The molecule has 0 unspecified atom stereocenters. The Morgan fingerprint density at radius 1 is 1.10 bits per heavy atom. The lowest BCUT2D eigenvalue weighted by Crippen LogP contribution is -2.21. The van der Waals surface area contributed by atoms with Gasteiger partial charge in [0, 0.05) is 24.8 Å². The molecule has 5 aromatic rings. The van der Waals surface area contributed by atoms with Crippen LogP contribution < -0.4 is 5.69 Å². The van der Waals surface area contributed by atoms with Gasteiger partial charge in [0.1, 0.15) is 0 Å². The molecule has 3 heterocycles. The SMILES string of the molecule is Cc1ccc(C#N)cc1-n1c(=O)n(C)c2cnc3ccc(-c4cc[nH]c4)cc3c21. The smallest absolute Gasteiger partial charge is 0.333 e. The molecule has 0 bridgehead atoms. The third-order valence-electron chi connectivity index (χ3n) is 5.39. The molecule has 6 heteroatoms. The Morgan fingerprint density at radius 3 is 2.72 bits per heavy atom. The van der Waals surface area contributed by atoms with Crippen molar-refractivity contribution in [2.24, 2.45) is 7.05 Å². The van der Waals surface area contributed by atoms with Crippen molar-refractivity contribution in [2.45, 2.75) is 6.92 Å². The van der Waals surface area contributed by atoms with E-state index in [2.05, 4.69) is 22.1 Å². The summed E-state index contributed by atoms with van der Waals surface area (Å²) in [6, 6.07) is 15.6. The second kappa shape index (κ2) is 6.21. The zero-order valence-electron chi connectivity index (χ0n) is 16.0. The van der Waals surface area contributed by atoms with Crippen molar-refractivity contribution in [1.82, 2.24) is 19.1 Å². The van der Waals surface area contributed by atoms with Crippen LogP contribution in [0.15, 0.2) is 65.8 Å². The molecule has 0 spiro atoms. The Morgan fingerprint density at radius 2 is 1.97 bits per heavy atom. The molecule has 29 heavy (non-hydrogen) atoms. The summed E-state index contributed by atoms with van der Waals surface area (Å²) in [5, 5.41) is 10.2. The molecule has 1 N–H and O–H groups in total. The van der Waals surface area contributed by atoms with E-state index in [0.29, 0.717) is 11.3 Å². The monoisotopic (exact) mass is 379 g/mol. The summed E-state index contributed by atoms with van der Waals surface area (Å²) in [5.74, 6) is 0. The van der Waals surface area contributed by atoms with Gasteiger partial charge in [-0.2, -0.15) is 5.26 Å². The molecule has 0 aliphatic rings. The maximum absolute atomic E-state index is 13.2. The van der Waals surface area contributed by atoms with Crippen LogP contribution in [0.3, 0.4) is 0 Å². The lowest BCUT2D eigenvalue weighted by molar-refractivity contribution is 0.843. The van der Waals surface area contributed by atoms with E-state index in [1.807, 2.05) is 43.6 Å². The van der Waals surface area contributed by atoms with Crippen molar-refractivity contribution in [3.05, 3.63) is 82.7 Å². The Balaban J connectivity index is 1.94. The highest BCUT2D eigenvalue weighted by Crippen LogP contribution is 2.30. The van der Waals surface area contributed by atoms with Crippen LogP contribution in [0.1, 0.15) is 11.1 Å². The second-order valence-corrected chi connectivity index (χ2v) is 7.11. The van der Waals surface area contributed by atoms with Crippen molar-refractivity contribution in [3.63, 3.8) is 0 Å². The maximum Gasteiger partial charge on any atom is 0.333 e. The summed E-state index contributed by atoms with van der Waals surface area (Å²) in [6.07, 6.45) is 5.55. The minimum atomic E-state index is -0.167. The largest absolute Gasteiger partial charge is 0.367 e. The van der Waals surface area contributed by atoms with Gasteiger partial charge in [0.15, 0.2) is 0 Å². The first-order valence-electron chi connectivity index (χ1n) is 9.23. The fourth-order valence-corrected chi connectivity index (χ4v) is 3.82. The van der Waals surface area contributed by atoms with Crippen molar-refractivity contribution in [2.75, 3.05) is 0 Å². The molecule has 0 radical (unpaired) electrons. The first kappa shape index (κ1) is 17.0. The molecule has 0 atom stereocenters. The number of imidazole rings is 1. The summed E-state index contributed by atoms with van der Waals surface area (Å²) >= 11 is 0. The number of nitrogens with zero attached hydrogens (tertiary/aromatic N) is 4. The Hall–Kier alpha value is -4.11. The molecule has 140 valence electrons. The van der Waals surface area contributed by atoms with Crippen molar-refractivity contribution in [1.29, 1.82) is 5.26 Å². The number of nitriles is 1. The molecule has 6 nitrogen and oxygen atoms in total. The molecule has 3 aromatic heterocycles. The number of nitrogens with one attached hydrogen (secondary N) is 1. The van der Waals surface area contributed by atoms with Gasteiger partial charge in [0.05, 0.1) is 40.1 Å². The molecular weight excluding hydrogens is 362 g/mol. The molecule has 0 saturated heterocycles. The van der Waals surface area contributed by atoms with E-state index in [-0.39, 0.29) is 5.69 Å². The average molecular weight is 379 g/mol. The Labute approximate surface area is 166 Å². The number of aromatic amines is 1. The normalized spacial score (nSPS) is 11.2. The highest BCUT2D eigenvalue weighted by atomic mass is 16.1. The van der Waals surface area contributed by atoms with Gasteiger partial charge < -0.3 is 4.98 Å². The number of hydrogen-bond donors (Lipinski definition) is 1. The Bertz CT molecular complexity index is 1500. The first-order chi connectivity index (χ1) is 14.1. The predicted octanol–water partition coefficient (Wildman–Crippen LogP) is 4.05. The van der Waals surface area contributed by atoms with Crippen molar-refractivity contribution < 1.29 is 0 Å². The first-order valence-corrected chi connectivity index (χ1v) is 9.23. The summed E-state index contributed by atoms with van der Waals surface area (Å²) in [5.41, 5.74) is 6.43. The number of rotatable bonds is 2. The van der Waals surface area contributed by atoms with Gasteiger partial charge in [-0.25, -0.2) is 4.79 Å². The summed E-state index contributed by atoms with van der Waals surface area (Å²) in [6.45, 7) is 1.94. The third kappa shape index (κ3) is 2.48. The van der Waals surface area contributed by atoms with E-state index in [0.717, 1.165) is 38.6 Å². The maximum atomic E-state index is 13.2.